The largest absolute Gasteiger partial charge is 0.492 e. The van der Waals surface area contributed by atoms with Crippen LogP contribution in [0.1, 0.15) is 38.0 Å². The van der Waals surface area contributed by atoms with E-state index in [-0.39, 0.29) is 5.91 Å². The van der Waals surface area contributed by atoms with Gasteiger partial charge in [-0.3, -0.25) is 9.69 Å². The first kappa shape index (κ1) is 21.3. The predicted molar refractivity (Wildman–Crippen MR) is 122 cm³/mol. The summed E-state index contributed by atoms with van der Waals surface area (Å²) in [7, 11) is 0. The van der Waals surface area contributed by atoms with Crippen molar-refractivity contribution >= 4 is 39.7 Å². The van der Waals surface area contributed by atoms with Gasteiger partial charge in [0.1, 0.15) is 5.75 Å². The van der Waals surface area contributed by atoms with Crippen LogP contribution in [0, 0.1) is 6.92 Å². The number of carbonyl (C=O) groups is 1. The van der Waals surface area contributed by atoms with Gasteiger partial charge in [0.2, 0.25) is 5.91 Å². The highest BCUT2D eigenvalue weighted by Crippen LogP contribution is 2.40. The van der Waals surface area contributed by atoms with Crippen molar-refractivity contribution in [1.29, 1.82) is 0 Å². The van der Waals surface area contributed by atoms with Gasteiger partial charge in [-0.15, -0.1) is 11.3 Å². The van der Waals surface area contributed by atoms with Crippen molar-refractivity contribution in [2.24, 2.45) is 0 Å². The van der Waals surface area contributed by atoms with Gasteiger partial charge in [-0.05, 0) is 44.5 Å². The van der Waals surface area contributed by atoms with Crippen LogP contribution in [0.5, 0.6) is 5.75 Å². The van der Waals surface area contributed by atoms with Gasteiger partial charge in [0, 0.05) is 21.9 Å². The molecule has 152 valence electrons. The van der Waals surface area contributed by atoms with Crippen LogP contribution in [-0.4, -0.2) is 17.5 Å². The fourth-order valence-electron chi connectivity index (χ4n) is 3.06. The zero-order chi connectivity index (χ0) is 20.8. The summed E-state index contributed by atoms with van der Waals surface area (Å²) in [4.78, 5) is 20.8. The van der Waals surface area contributed by atoms with E-state index in [4.69, 9.17) is 21.3 Å². The van der Waals surface area contributed by atoms with Gasteiger partial charge >= 0.3 is 0 Å². The molecule has 6 heteroatoms. The van der Waals surface area contributed by atoms with Crippen LogP contribution in [0.2, 0.25) is 5.02 Å². The van der Waals surface area contributed by atoms with E-state index in [0.29, 0.717) is 28.9 Å². The van der Waals surface area contributed by atoms with E-state index < -0.39 is 0 Å². The highest BCUT2D eigenvalue weighted by atomic mass is 35.5. The quantitative estimate of drug-likeness (QED) is 0.387. The number of amides is 1. The summed E-state index contributed by atoms with van der Waals surface area (Å²) in [5, 5.41) is 1.34. The van der Waals surface area contributed by atoms with Crippen molar-refractivity contribution < 1.29 is 9.53 Å². The molecule has 0 aliphatic rings. The summed E-state index contributed by atoms with van der Waals surface area (Å²) in [6, 6.07) is 15.2. The molecule has 0 unspecified atom stereocenters. The Morgan fingerprint density at radius 2 is 1.86 bits per heavy atom. The van der Waals surface area contributed by atoms with Crippen molar-refractivity contribution in [3.63, 3.8) is 0 Å². The number of unbranched alkanes of at least 4 members (excludes halogenated alkanes) is 1. The molecule has 3 rings (SSSR count). The first-order valence-electron chi connectivity index (χ1n) is 9.83. The van der Waals surface area contributed by atoms with Gasteiger partial charge in [0.15, 0.2) is 5.13 Å². The Morgan fingerprint density at radius 3 is 2.55 bits per heavy atom. The lowest BCUT2D eigenvalue weighted by molar-refractivity contribution is -0.118. The minimum atomic E-state index is 0.0235. The zero-order valence-electron chi connectivity index (χ0n) is 16.9. The number of halogens is 1. The molecule has 0 saturated heterocycles. The van der Waals surface area contributed by atoms with Crippen molar-refractivity contribution in [3.8, 4) is 17.0 Å². The van der Waals surface area contributed by atoms with E-state index in [2.05, 4.69) is 6.92 Å². The molecule has 0 bridgehead atoms. The molecule has 1 amide bonds. The smallest absolute Gasteiger partial charge is 0.233 e. The maximum Gasteiger partial charge on any atom is 0.233 e. The average molecular weight is 429 g/mol. The molecular formula is C23H25ClN2O2S. The minimum Gasteiger partial charge on any atom is -0.492 e. The first-order chi connectivity index (χ1) is 14.0. The average Bonchev–Trinajstić information content (AvgIpc) is 3.09. The zero-order valence-corrected chi connectivity index (χ0v) is 18.5. The predicted octanol–water partition coefficient (Wildman–Crippen LogP) is 7.03. The summed E-state index contributed by atoms with van der Waals surface area (Å²) < 4.78 is 5.80. The third-order valence-corrected chi connectivity index (χ3v) is 5.70. The first-order valence-corrected chi connectivity index (χ1v) is 11.0. The number of para-hydroxylation sites is 2. The van der Waals surface area contributed by atoms with Crippen molar-refractivity contribution in [3.05, 3.63) is 58.4 Å². The van der Waals surface area contributed by atoms with Gasteiger partial charge in [-0.25, -0.2) is 4.98 Å². The topological polar surface area (TPSA) is 42.4 Å². The van der Waals surface area contributed by atoms with Crippen molar-refractivity contribution in [2.45, 2.75) is 40.0 Å². The van der Waals surface area contributed by atoms with Crippen molar-refractivity contribution in [1.82, 2.24) is 4.98 Å². The molecule has 0 aliphatic carbocycles. The summed E-state index contributed by atoms with van der Waals surface area (Å²) in [6.07, 6.45) is 2.26. The summed E-state index contributed by atoms with van der Waals surface area (Å²) in [6.45, 7) is 6.57. The number of aryl methyl sites for hydroxylation is 1. The lowest BCUT2D eigenvalue weighted by Gasteiger charge is -2.22. The highest BCUT2D eigenvalue weighted by Gasteiger charge is 2.25. The van der Waals surface area contributed by atoms with Crippen molar-refractivity contribution in [2.75, 3.05) is 11.5 Å². The highest BCUT2D eigenvalue weighted by molar-refractivity contribution is 7.16. The normalized spacial score (nSPS) is 10.8. The molecule has 0 saturated carbocycles. The Labute approximate surface area is 181 Å². The maximum absolute atomic E-state index is 13.2. The number of nitrogens with zero attached hydrogens (tertiary/aromatic N) is 2. The second-order valence-electron chi connectivity index (χ2n) is 6.64. The Hall–Kier alpha value is -2.37. The molecule has 0 aliphatic heterocycles. The molecule has 0 atom stereocenters. The minimum absolute atomic E-state index is 0.0235. The van der Waals surface area contributed by atoms with E-state index in [0.717, 1.165) is 34.7 Å². The number of thiazole rings is 1. The third kappa shape index (κ3) is 4.98. The Bertz CT molecular complexity index is 969. The van der Waals surface area contributed by atoms with Crippen LogP contribution in [0.3, 0.4) is 0 Å². The molecule has 2 aromatic carbocycles. The molecule has 1 aromatic heterocycles. The van der Waals surface area contributed by atoms with Gasteiger partial charge in [0.05, 0.1) is 18.0 Å². The van der Waals surface area contributed by atoms with Crippen LogP contribution in [0.4, 0.5) is 10.8 Å². The molecule has 1 heterocycles. The van der Waals surface area contributed by atoms with E-state index in [9.17, 15) is 4.79 Å². The van der Waals surface area contributed by atoms with Crippen LogP contribution < -0.4 is 9.64 Å². The van der Waals surface area contributed by atoms with E-state index in [1.165, 1.54) is 11.3 Å². The molecule has 0 spiro atoms. The van der Waals surface area contributed by atoms with Gasteiger partial charge < -0.3 is 4.74 Å². The fraction of sp³-hybridized carbons (Fsp3) is 0.304. The van der Waals surface area contributed by atoms with Gasteiger partial charge in [0.25, 0.3) is 0 Å². The number of aromatic nitrogens is 1. The number of hydrogen-bond donors (Lipinski definition) is 0. The maximum atomic E-state index is 13.2. The number of carbonyl (C=O) groups excluding carboxylic acids is 1. The second-order valence-corrected chi connectivity index (χ2v) is 8.26. The van der Waals surface area contributed by atoms with Crippen LogP contribution in [0.15, 0.2) is 48.5 Å². The number of ether oxygens (including phenoxy) is 1. The standard InChI is InChI=1S/C23H25ClN2O2S/c1-4-6-11-21(27)26(19-9-7-8-10-20(19)28-5-2)23-25-22(16(3)29-23)17-12-14-18(24)15-13-17/h7-10,12-15H,4-6,11H2,1-3H3. The fourth-order valence-corrected chi connectivity index (χ4v) is 4.15. The van der Waals surface area contributed by atoms with Crippen LogP contribution >= 0.6 is 22.9 Å². The summed E-state index contributed by atoms with van der Waals surface area (Å²) in [5.74, 6) is 0.705. The molecule has 0 radical (unpaired) electrons. The Balaban J connectivity index is 2.07. The second kappa shape index (κ2) is 9.90. The Kier molecular flexibility index (Phi) is 7.29. The van der Waals surface area contributed by atoms with E-state index >= 15 is 0 Å². The molecule has 0 N–H and O–H groups in total. The van der Waals surface area contributed by atoms with Crippen LogP contribution in [0.25, 0.3) is 11.3 Å². The van der Waals surface area contributed by atoms with E-state index in [1.807, 2.05) is 62.4 Å². The molecule has 0 fully saturated rings. The number of hydrogen-bond acceptors (Lipinski definition) is 4. The molecule has 3 aromatic rings. The number of anilines is 2. The lowest BCUT2D eigenvalue weighted by Crippen LogP contribution is -2.26. The number of benzene rings is 2. The monoisotopic (exact) mass is 428 g/mol. The third-order valence-electron chi connectivity index (χ3n) is 4.49. The summed E-state index contributed by atoms with van der Waals surface area (Å²) in [5.41, 5.74) is 2.57. The van der Waals surface area contributed by atoms with Crippen LogP contribution in [-0.2, 0) is 4.79 Å². The van der Waals surface area contributed by atoms with E-state index in [1.54, 1.807) is 4.90 Å². The lowest BCUT2D eigenvalue weighted by atomic mass is 10.1. The number of rotatable bonds is 8. The molecular weight excluding hydrogens is 404 g/mol. The summed E-state index contributed by atoms with van der Waals surface area (Å²) >= 11 is 7.54. The Morgan fingerprint density at radius 1 is 1.14 bits per heavy atom. The molecule has 4 nitrogen and oxygen atoms in total. The van der Waals surface area contributed by atoms with Gasteiger partial charge in [-0.1, -0.05) is 49.2 Å². The van der Waals surface area contributed by atoms with Gasteiger partial charge in [-0.2, -0.15) is 0 Å². The molecule has 29 heavy (non-hydrogen) atoms. The SMILES string of the molecule is CCCCC(=O)N(c1nc(-c2ccc(Cl)cc2)c(C)s1)c1ccccc1OCC.